The summed E-state index contributed by atoms with van der Waals surface area (Å²) in [7, 11) is 0. The minimum absolute atomic E-state index is 0.174. The summed E-state index contributed by atoms with van der Waals surface area (Å²) in [6.45, 7) is 9.31. The van der Waals surface area contributed by atoms with E-state index >= 15 is 0 Å². The lowest BCUT2D eigenvalue weighted by atomic mass is 9.44. The summed E-state index contributed by atoms with van der Waals surface area (Å²) in [5.74, 6) is 4.60. The van der Waals surface area contributed by atoms with E-state index < -0.39 is 0 Å². The quantitative estimate of drug-likeness (QED) is 0.447. The highest BCUT2D eigenvalue weighted by molar-refractivity contribution is 7.99. The molecule has 6 fully saturated rings. The highest BCUT2D eigenvalue weighted by atomic mass is 32.2. The lowest BCUT2D eigenvalue weighted by Gasteiger charge is -2.61. The topological polar surface area (TPSA) is 28.9 Å². The second-order valence-corrected chi connectivity index (χ2v) is 14.4. The third-order valence-corrected chi connectivity index (χ3v) is 13.3. The van der Waals surface area contributed by atoms with Gasteiger partial charge in [0, 0.05) is 23.0 Å². The SMILES string of the molecule is C[C@]12CC[C@H](SCCN3CCCC3)C[C@@H]1CC[C@@H]1[C@@H]2CC[C@]2(C)[C@@H](c3ccoc3)C[C@H]3O[C@]132. The van der Waals surface area contributed by atoms with Crippen molar-refractivity contribution >= 4 is 11.8 Å². The molecule has 2 saturated heterocycles. The standard InChI is InChI=1S/C29H43NO2S/c1-27-10-7-22(33-16-14-30-12-3-4-13-30)17-21(27)5-6-24-23(27)8-11-28(2)25(20-9-15-31-19-20)18-26-29(24,28)32-26/h9,15,19,21-26H,3-8,10-14,16-18H2,1-2H3/t21-,22-,23-,24+,25+,26+,27-,28+,29+/m0/s1. The molecule has 4 heteroatoms. The molecule has 3 heterocycles. The lowest BCUT2D eigenvalue weighted by molar-refractivity contribution is -0.126. The normalized spacial score (nSPS) is 51.0. The molecule has 0 radical (unpaired) electrons. The minimum Gasteiger partial charge on any atom is -0.472 e. The summed E-state index contributed by atoms with van der Waals surface area (Å²) < 4.78 is 12.3. The van der Waals surface area contributed by atoms with E-state index in [0.29, 0.717) is 22.9 Å². The van der Waals surface area contributed by atoms with Gasteiger partial charge in [0.2, 0.25) is 0 Å². The molecule has 182 valence electrons. The van der Waals surface area contributed by atoms with Crippen molar-refractivity contribution < 1.29 is 9.15 Å². The monoisotopic (exact) mass is 469 g/mol. The number of hydrogen-bond donors (Lipinski definition) is 0. The van der Waals surface area contributed by atoms with E-state index in [4.69, 9.17) is 9.15 Å². The molecule has 1 aromatic rings. The van der Waals surface area contributed by atoms with Crippen LogP contribution in [0.4, 0.5) is 0 Å². The van der Waals surface area contributed by atoms with Gasteiger partial charge in [0.1, 0.15) is 5.60 Å². The summed E-state index contributed by atoms with van der Waals surface area (Å²) >= 11 is 2.31. The van der Waals surface area contributed by atoms with E-state index in [-0.39, 0.29) is 5.60 Å². The maximum Gasteiger partial charge on any atom is 0.104 e. The average molecular weight is 470 g/mol. The van der Waals surface area contributed by atoms with Crippen LogP contribution in [0.25, 0.3) is 0 Å². The highest BCUT2D eigenvalue weighted by Crippen LogP contribution is 2.78. The predicted molar refractivity (Wildman–Crippen MR) is 135 cm³/mol. The van der Waals surface area contributed by atoms with E-state index in [2.05, 4.69) is 36.6 Å². The van der Waals surface area contributed by atoms with E-state index in [1.165, 1.54) is 95.2 Å². The Morgan fingerprint density at radius 3 is 2.73 bits per heavy atom. The molecule has 2 aliphatic heterocycles. The van der Waals surface area contributed by atoms with E-state index in [9.17, 15) is 0 Å². The van der Waals surface area contributed by atoms with Crippen LogP contribution in [0, 0.1) is 28.6 Å². The first-order chi connectivity index (χ1) is 16.0. The molecule has 4 saturated carbocycles. The van der Waals surface area contributed by atoms with Crippen LogP contribution in [0.2, 0.25) is 0 Å². The molecule has 0 bridgehead atoms. The molecule has 7 rings (SSSR count). The molecule has 33 heavy (non-hydrogen) atoms. The molecular formula is C29H43NO2S. The van der Waals surface area contributed by atoms with E-state index in [1.807, 2.05) is 12.5 Å². The third-order valence-electron chi connectivity index (χ3n) is 11.9. The van der Waals surface area contributed by atoms with Gasteiger partial charge in [-0.2, -0.15) is 11.8 Å². The molecule has 1 aromatic heterocycles. The van der Waals surface area contributed by atoms with Gasteiger partial charge in [-0.1, -0.05) is 13.8 Å². The van der Waals surface area contributed by atoms with Crippen molar-refractivity contribution in [2.75, 3.05) is 25.4 Å². The largest absolute Gasteiger partial charge is 0.472 e. The number of nitrogens with zero attached hydrogens (tertiary/aromatic N) is 1. The molecule has 0 aromatic carbocycles. The number of hydrogen-bond acceptors (Lipinski definition) is 4. The fourth-order valence-corrected chi connectivity index (χ4v) is 11.5. The van der Waals surface area contributed by atoms with Gasteiger partial charge < -0.3 is 14.1 Å². The second-order valence-electron chi connectivity index (χ2n) is 13.0. The summed E-state index contributed by atoms with van der Waals surface area (Å²) in [4.78, 5) is 2.69. The number of rotatable bonds is 5. The summed E-state index contributed by atoms with van der Waals surface area (Å²) in [5.41, 5.74) is 2.45. The van der Waals surface area contributed by atoms with Crippen LogP contribution in [0.5, 0.6) is 0 Å². The van der Waals surface area contributed by atoms with Gasteiger partial charge in [0.15, 0.2) is 0 Å². The maximum absolute atomic E-state index is 6.75. The van der Waals surface area contributed by atoms with Crippen molar-refractivity contribution in [1.82, 2.24) is 4.90 Å². The molecule has 0 N–H and O–H groups in total. The van der Waals surface area contributed by atoms with Gasteiger partial charge in [0.25, 0.3) is 0 Å². The maximum atomic E-state index is 6.75. The zero-order valence-corrected chi connectivity index (χ0v) is 21.6. The van der Waals surface area contributed by atoms with Gasteiger partial charge >= 0.3 is 0 Å². The van der Waals surface area contributed by atoms with Crippen molar-refractivity contribution in [3.05, 3.63) is 24.2 Å². The van der Waals surface area contributed by atoms with Crippen LogP contribution in [0.1, 0.15) is 89.5 Å². The first-order valence-electron chi connectivity index (χ1n) is 14.1. The van der Waals surface area contributed by atoms with Gasteiger partial charge in [-0.25, -0.2) is 0 Å². The van der Waals surface area contributed by atoms with Crippen LogP contribution in [0.3, 0.4) is 0 Å². The lowest BCUT2D eigenvalue weighted by Crippen LogP contribution is -2.58. The highest BCUT2D eigenvalue weighted by Gasteiger charge is 2.80. The zero-order chi connectivity index (χ0) is 22.3. The molecule has 4 aliphatic carbocycles. The van der Waals surface area contributed by atoms with E-state index in [1.54, 1.807) is 0 Å². The molecular weight excluding hydrogens is 426 g/mol. The number of thioether (sulfide) groups is 1. The predicted octanol–water partition coefficient (Wildman–Crippen LogP) is 6.73. The van der Waals surface area contributed by atoms with Crippen molar-refractivity contribution in [3.8, 4) is 0 Å². The minimum atomic E-state index is 0.174. The Morgan fingerprint density at radius 2 is 1.91 bits per heavy atom. The van der Waals surface area contributed by atoms with E-state index in [0.717, 1.165) is 23.0 Å². The number of epoxide rings is 1. The van der Waals surface area contributed by atoms with Crippen LogP contribution < -0.4 is 0 Å². The molecule has 3 nitrogen and oxygen atoms in total. The third kappa shape index (κ3) is 3.08. The first-order valence-corrected chi connectivity index (χ1v) is 15.1. The fraction of sp³-hybridized carbons (Fsp3) is 0.862. The smallest absolute Gasteiger partial charge is 0.104 e. The summed E-state index contributed by atoms with van der Waals surface area (Å²) in [6.07, 6.45) is 18.5. The van der Waals surface area contributed by atoms with Crippen molar-refractivity contribution in [3.63, 3.8) is 0 Å². The molecule has 0 amide bonds. The molecule has 6 aliphatic rings. The Morgan fingerprint density at radius 1 is 1.03 bits per heavy atom. The van der Waals surface area contributed by atoms with Crippen LogP contribution in [-0.2, 0) is 4.74 Å². The number of likely N-dealkylation sites (tertiary alicyclic amines) is 1. The van der Waals surface area contributed by atoms with Gasteiger partial charge in [-0.05, 0) is 118 Å². The Hall–Kier alpha value is -0.450. The van der Waals surface area contributed by atoms with Crippen molar-refractivity contribution in [1.29, 1.82) is 0 Å². The number of ether oxygens (including phenoxy) is 1. The average Bonchev–Trinajstić information content (AvgIpc) is 3.23. The van der Waals surface area contributed by atoms with Crippen molar-refractivity contribution in [2.45, 2.75) is 101 Å². The Bertz CT molecular complexity index is 867. The molecule has 0 unspecified atom stereocenters. The van der Waals surface area contributed by atoms with Crippen molar-refractivity contribution in [2.24, 2.45) is 28.6 Å². The molecule has 1 spiro atoms. The Kier molecular flexibility index (Phi) is 5.14. The molecule has 9 atom stereocenters. The van der Waals surface area contributed by atoms with Gasteiger partial charge in [-0.15, -0.1) is 0 Å². The summed E-state index contributed by atoms with van der Waals surface area (Å²) in [5, 5.41) is 0.913. The second kappa shape index (κ2) is 7.77. The fourth-order valence-electron chi connectivity index (χ4n) is 10.1. The van der Waals surface area contributed by atoms with Gasteiger partial charge in [0.05, 0.1) is 18.6 Å². The summed E-state index contributed by atoms with van der Waals surface area (Å²) in [6, 6.07) is 2.22. The van der Waals surface area contributed by atoms with Crippen LogP contribution in [0.15, 0.2) is 23.0 Å². The first kappa shape index (κ1) is 21.8. The zero-order valence-electron chi connectivity index (χ0n) is 20.8. The Balaban J connectivity index is 1.05. The number of fused-ring (bicyclic) bond motifs is 3. The Labute approximate surface area is 204 Å². The number of furan rings is 1. The van der Waals surface area contributed by atoms with Crippen LogP contribution >= 0.6 is 11.8 Å². The van der Waals surface area contributed by atoms with Gasteiger partial charge in [-0.3, -0.25) is 0 Å². The van der Waals surface area contributed by atoms with Crippen LogP contribution in [-0.4, -0.2) is 47.2 Å².